The monoisotopic (exact) mass is 333 g/mol. The zero-order chi connectivity index (χ0) is 17.8. The molecule has 3 rings (SSSR count). The molecule has 25 heavy (non-hydrogen) atoms. The van der Waals surface area contributed by atoms with E-state index in [1.54, 1.807) is 36.2 Å². The first-order valence-corrected chi connectivity index (χ1v) is 8.08. The Balaban J connectivity index is 1.76. The molecule has 3 aromatic rings. The van der Waals surface area contributed by atoms with Crippen LogP contribution in [0.1, 0.15) is 18.3 Å². The number of nitrogens with zero attached hydrogens (tertiary/aromatic N) is 4. The highest BCUT2D eigenvalue weighted by Gasteiger charge is 2.15. The average molecular weight is 333 g/mol. The largest absolute Gasteiger partial charge is 0.327 e. The Labute approximate surface area is 146 Å². The van der Waals surface area contributed by atoms with Crippen molar-refractivity contribution in [3.63, 3.8) is 0 Å². The first-order chi connectivity index (χ1) is 12.1. The summed E-state index contributed by atoms with van der Waals surface area (Å²) in [5, 5.41) is 11.7. The second kappa shape index (κ2) is 7.05. The van der Waals surface area contributed by atoms with Crippen LogP contribution in [0, 0.1) is 11.3 Å². The number of benzene rings is 2. The summed E-state index contributed by atoms with van der Waals surface area (Å²) < 4.78 is 2.11. The van der Waals surface area contributed by atoms with Crippen LogP contribution in [0.2, 0.25) is 0 Å². The van der Waals surface area contributed by atoms with Crippen LogP contribution < -0.4 is 5.32 Å². The van der Waals surface area contributed by atoms with E-state index >= 15 is 0 Å². The molecule has 0 aliphatic rings. The second-order valence-corrected chi connectivity index (χ2v) is 5.74. The molecule has 126 valence electrons. The molecule has 0 aliphatic heterocycles. The number of nitriles is 1. The molecule has 0 saturated heterocycles. The molecule has 6 heteroatoms. The van der Waals surface area contributed by atoms with E-state index in [0.717, 1.165) is 23.4 Å². The topological polar surface area (TPSA) is 74.0 Å². The minimum absolute atomic E-state index is 0.246. The van der Waals surface area contributed by atoms with Gasteiger partial charge < -0.3 is 14.8 Å². The summed E-state index contributed by atoms with van der Waals surface area (Å²) in [6.45, 7) is 3.24. The van der Waals surface area contributed by atoms with Crippen molar-refractivity contribution in [3.05, 3.63) is 59.9 Å². The van der Waals surface area contributed by atoms with Crippen LogP contribution in [0.25, 0.3) is 11.0 Å². The summed E-state index contributed by atoms with van der Waals surface area (Å²) in [6.07, 6.45) is 0. The van der Waals surface area contributed by atoms with E-state index in [0.29, 0.717) is 17.8 Å². The van der Waals surface area contributed by atoms with Crippen LogP contribution in [0.5, 0.6) is 0 Å². The summed E-state index contributed by atoms with van der Waals surface area (Å²) in [6, 6.07) is 16.6. The smallest absolute Gasteiger partial charge is 0.321 e. The van der Waals surface area contributed by atoms with Crippen molar-refractivity contribution in [2.75, 3.05) is 12.4 Å². The summed E-state index contributed by atoms with van der Waals surface area (Å²) in [5.74, 6) is 0.840. The maximum atomic E-state index is 12.4. The minimum atomic E-state index is -0.246. The SMILES string of the molecule is CCn1c(CN(C)C(=O)Nc2cccc(C#N)c2)nc2ccccc21. The van der Waals surface area contributed by atoms with E-state index in [-0.39, 0.29) is 6.03 Å². The van der Waals surface area contributed by atoms with Gasteiger partial charge in [0.15, 0.2) is 0 Å². The van der Waals surface area contributed by atoms with Gasteiger partial charge in [0.25, 0.3) is 0 Å². The van der Waals surface area contributed by atoms with Gasteiger partial charge in [-0.3, -0.25) is 0 Å². The Hall–Kier alpha value is -3.33. The molecule has 0 fully saturated rings. The van der Waals surface area contributed by atoms with Crippen molar-refractivity contribution in [3.8, 4) is 6.07 Å². The first kappa shape index (κ1) is 16.5. The molecule has 6 nitrogen and oxygen atoms in total. The number of amides is 2. The number of rotatable bonds is 4. The molecule has 0 saturated carbocycles. The van der Waals surface area contributed by atoms with Crippen molar-refractivity contribution < 1.29 is 4.79 Å². The average Bonchev–Trinajstić information content (AvgIpc) is 2.98. The Morgan fingerprint density at radius 2 is 2.08 bits per heavy atom. The molecular formula is C19H19N5O. The van der Waals surface area contributed by atoms with Gasteiger partial charge >= 0.3 is 6.03 Å². The van der Waals surface area contributed by atoms with Crippen LogP contribution >= 0.6 is 0 Å². The molecule has 2 amide bonds. The van der Waals surface area contributed by atoms with Crippen LogP contribution in [-0.2, 0) is 13.1 Å². The predicted octanol–water partition coefficient (Wildman–Crippen LogP) is 3.59. The molecule has 1 aromatic heterocycles. The number of fused-ring (bicyclic) bond motifs is 1. The van der Waals surface area contributed by atoms with Gasteiger partial charge in [-0.25, -0.2) is 9.78 Å². The number of para-hydroxylation sites is 2. The van der Waals surface area contributed by atoms with Gasteiger partial charge in [-0.05, 0) is 37.3 Å². The minimum Gasteiger partial charge on any atom is -0.327 e. The van der Waals surface area contributed by atoms with E-state index in [9.17, 15) is 4.79 Å². The highest BCUT2D eigenvalue weighted by atomic mass is 16.2. The summed E-state index contributed by atoms with van der Waals surface area (Å²) in [4.78, 5) is 18.6. The highest BCUT2D eigenvalue weighted by Crippen LogP contribution is 2.17. The number of aryl methyl sites for hydroxylation is 1. The van der Waals surface area contributed by atoms with Crippen LogP contribution in [0.4, 0.5) is 10.5 Å². The molecule has 0 aliphatic carbocycles. The zero-order valence-corrected chi connectivity index (χ0v) is 14.2. The van der Waals surface area contributed by atoms with Crippen LogP contribution in [0.3, 0.4) is 0 Å². The lowest BCUT2D eigenvalue weighted by Gasteiger charge is -2.18. The summed E-state index contributed by atoms with van der Waals surface area (Å²) in [5.41, 5.74) is 3.10. The third-order valence-corrected chi connectivity index (χ3v) is 4.02. The molecular weight excluding hydrogens is 314 g/mol. The molecule has 1 heterocycles. The third-order valence-electron chi connectivity index (χ3n) is 4.02. The van der Waals surface area contributed by atoms with Crippen LogP contribution in [-0.4, -0.2) is 27.5 Å². The van der Waals surface area contributed by atoms with Gasteiger partial charge in [0.1, 0.15) is 5.82 Å². The van der Waals surface area contributed by atoms with Gasteiger partial charge in [0, 0.05) is 19.3 Å². The normalized spacial score (nSPS) is 10.4. The van der Waals surface area contributed by atoms with Crippen molar-refractivity contribution in [1.29, 1.82) is 5.26 Å². The fourth-order valence-corrected chi connectivity index (χ4v) is 2.77. The van der Waals surface area contributed by atoms with Crippen molar-refractivity contribution in [1.82, 2.24) is 14.5 Å². The lowest BCUT2D eigenvalue weighted by molar-refractivity contribution is 0.219. The van der Waals surface area contributed by atoms with Gasteiger partial charge in [-0.2, -0.15) is 5.26 Å². The maximum Gasteiger partial charge on any atom is 0.321 e. The number of carbonyl (C=O) groups is 1. The molecule has 0 unspecified atom stereocenters. The van der Waals surface area contributed by atoms with E-state index in [1.165, 1.54) is 0 Å². The van der Waals surface area contributed by atoms with Gasteiger partial charge in [0.2, 0.25) is 0 Å². The number of aromatic nitrogens is 2. The quantitative estimate of drug-likeness (QED) is 0.793. The van der Waals surface area contributed by atoms with E-state index in [1.807, 2.05) is 24.3 Å². The molecule has 0 atom stereocenters. The lowest BCUT2D eigenvalue weighted by Crippen LogP contribution is -2.31. The highest BCUT2D eigenvalue weighted by molar-refractivity contribution is 5.89. The Bertz CT molecular complexity index is 954. The Kier molecular flexibility index (Phi) is 4.66. The number of hydrogen-bond donors (Lipinski definition) is 1. The molecule has 1 N–H and O–H groups in total. The standard InChI is InChI=1S/C19H19N5O/c1-3-24-17-10-5-4-9-16(17)22-18(24)13-23(2)19(25)21-15-8-6-7-14(11-15)12-20/h4-11H,3,13H2,1-2H3,(H,21,25). The summed E-state index contributed by atoms with van der Waals surface area (Å²) in [7, 11) is 1.73. The fourth-order valence-electron chi connectivity index (χ4n) is 2.77. The van der Waals surface area contributed by atoms with Crippen molar-refractivity contribution in [2.24, 2.45) is 0 Å². The predicted molar refractivity (Wildman–Crippen MR) is 97.0 cm³/mol. The molecule has 2 aromatic carbocycles. The van der Waals surface area contributed by atoms with Gasteiger partial charge in [-0.1, -0.05) is 18.2 Å². The van der Waals surface area contributed by atoms with E-state index in [4.69, 9.17) is 5.26 Å². The third kappa shape index (κ3) is 3.45. The lowest BCUT2D eigenvalue weighted by atomic mass is 10.2. The molecule has 0 spiro atoms. The molecule has 0 bridgehead atoms. The Morgan fingerprint density at radius 1 is 1.28 bits per heavy atom. The van der Waals surface area contributed by atoms with Gasteiger partial charge in [0.05, 0.1) is 29.2 Å². The number of imidazole rings is 1. The number of urea groups is 1. The van der Waals surface area contributed by atoms with Gasteiger partial charge in [-0.15, -0.1) is 0 Å². The van der Waals surface area contributed by atoms with E-state index < -0.39 is 0 Å². The summed E-state index contributed by atoms with van der Waals surface area (Å²) >= 11 is 0. The second-order valence-electron chi connectivity index (χ2n) is 5.74. The first-order valence-electron chi connectivity index (χ1n) is 8.08. The van der Waals surface area contributed by atoms with E-state index in [2.05, 4.69) is 27.9 Å². The fraction of sp³-hybridized carbons (Fsp3) is 0.211. The number of hydrogen-bond acceptors (Lipinski definition) is 3. The van der Waals surface area contributed by atoms with Crippen molar-refractivity contribution in [2.45, 2.75) is 20.0 Å². The number of carbonyl (C=O) groups excluding carboxylic acids is 1. The van der Waals surface area contributed by atoms with Crippen LogP contribution in [0.15, 0.2) is 48.5 Å². The maximum absolute atomic E-state index is 12.4. The zero-order valence-electron chi connectivity index (χ0n) is 14.2. The number of anilines is 1. The Morgan fingerprint density at radius 3 is 2.84 bits per heavy atom. The molecule has 0 radical (unpaired) electrons. The number of nitrogens with one attached hydrogen (secondary N) is 1. The van der Waals surface area contributed by atoms with Crippen molar-refractivity contribution >= 4 is 22.8 Å².